The number of rotatable bonds is 4. The van der Waals surface area contributed by atoms with Crippen molar-refractivity contribution in [2.75, 3.05) is 0 Å². The molecule has 0 saturated carbocycles. The molecule has 2 atom stereocenters. The molecule has 1 unspecified atom stereocenters. The lowest BCUT2D eigenvalue weighted by Gasteiger charge is -2.13. The maximum Gasteiger partial charge on any atom is 0.165 e. The Balaban J connectivity index is 2.88. The van der Waals surface area contributed by atoms with Crippen LogP contribution in [0.1, 0.15) is 25.5 Å². The van der Waals surface area contributed by atoms with Gasteiger partial charge in [-0.15, -0.1) is 0 Å². The molecule has 1 rings (SSSR count). The molecule has 82 valence electrons. The normalized spacial score (nSPS) is 14.4. The van der Waals surface area contributed by atoms with Crippen LogP contribution in [0.3, 0.4) is 0 Å². The molecule has 1 aromatic rings. The Kier molecular flexibility index (Phi) is 3.86. The van der Waals surface area contributed by atoms with Gasteiger partial charge in [0, 0.05) is 6.04 Å². The maximum atomic E-state index is 13.5. The van der Waals surface area contributed by atoms with Gasteiger partial charge in [0.1, 0.15) is 6.10 Å². The molecular formula is C12H16FNO. The number of benzene rings is 1. The Morgan fingerprint density at radius 1 is 1.47 bits per heavy atom. The largest absolute Gasteiger partial charge is 0.484 e. The van der Waals surface area contributed by atoms with Crippen LogP contribution in [0, 0.1) is 5.82 Å². The molecule has 3 heteroatoms. The molecule has 0 saturated heterocycles. The average molecular weight is 209 g/mol. The molecular weight excluding hydrogens is 193 g/mol. The first kappa shape index (κ1) is 11.7. The van der Waals surface area contributed by atoms with Crippen molar-refractivity contribution in [1.29, 1.82) is 0 Å². The van der Waals surface area contributed by atoms with Crippen LogP contribution in [0.25, 0.3) is 0 Å². The first-order valence-corrected chi connectivity index (χ1v) is 4.89. The molecule has 15 heavy (non-hydrogen) atoms. The summed E-state index contributed by atoms with van der Waals surface area (Å²) in [6.45, 7) is 7.17. The van der Waals surface area contributed by atoms with Gasteiger partial charge in [-0.05, 0) is 31.5 Å². The Morgan fingerprint density at radius 3 is 2.60 bits per heavy atom. The lowest BCUT2D eigenvalue weighted by atomic mass is 10.1. The fourth-order valence-corrected chi connectivity index (χ4v) is 1.14. The first-order valence-electron chi connectivity index (χ1n) is 4.89. The summed E-state index contributed by atoms with van der Waals surface area (Å²) in [6, 6.07) is 4.58. The molecule has 2 N–H and O–H groups in total. The van der Waals surface area contributed by atoms with Gasteiger partial charge in [0.05, 0.1) is 0 Å². The Morgan fingerprint density at radius 2 is 2.13 bits per heavy atom. The molecule has 0 amide bonds. The minimum Gasteiger partial charge on any atom is -0.484 e. The third-order valence-electron chi connectivity index (χ3n) is 2.13. The molecule has 0 aliphatic heterocycles. The molecule has 0 aromatic heterocycles. The summed E-state index contributed by atoms with van der Waals surface area (Å²) in [5.41, 5.74) is 6.39. The van der Waals surface area contributed by atoms with Crippen molar-refractivity contribution in [3.05, 3.63) is 42.2 Å². The SMILES string of the molecule is C=CC(C)Oc1ccc([C@H](C)N)cc1F. The summed E-state index contributed by atoms with van der Waals surface area (Å²) in [6.07, 6.45) is 1.40. The van der Waals surface area contributed by atoms with E-state index in [0.29, 0.717) is 0 Å². The zero-order valence-electron chi connectivity index (χ0n) is 9.03. The van der Waals surface area contributed by atoms with E-state index in [1.54, 1.807) is 25.1 Å². The molecule has 0 aliphatic carbocycles. The summed E-state index contributed by atoms with van der Waals surface area (Å²) in [5, 5.41) is 0. The van der Waals surface area contributed by atoms with Crippen molar-refractivity contribution in [1.82, 2.24) is 0 Å². The molecule has 1 aromatic carbocycles. The van der Waals surface area contributed by atoms with Crippen LogP contribution in [-0.4, -0.2) is 6.10 Å². The van der Waals surface area contributed by atoms with E-state index in [4.69, 9.17) is 10.5 Å². The van der Waals surface area contributed by atoms with Gasteiger partial charge in [0.15, 0.2) is 11.6 Å². The second-order valence-electron chi connectivity index (χ2n) is 3.54. The summed E-state index contributed by atoms with van der Waals surface area (Å²) >= 11 is 0. The third kappa shape index (κ3) is 3.06. The van der Waals surface area contributed by atoms with E-state index in [9.17, 15) is 4.39 Å². The minimum absolute atomic E-state index is 0.176. The third-order valence-corrected chi connectivity index (χ3v) is 2.13. The lowest BCUT2D eigenvalue weighted by molar-refractivity contribution is 0.257. The predicted molar refractivity (Wildman–Crippen MR) is 59.3 cm³/mol. The fourth-order valence-electron chi connectivity index (χ4n) is 1.14. The maximum absolute atomic E-state index is 13.5. The highest BCUT2D eigenvalue weighted by atomic mass is 19.1. The summed E-state index contributed by atoms with van der Waals surface area (Å²) in [7, 11) is 0. The summed E-state index contributed by atoms with van der Waals surface area (Å²) in [4.78, 5) is 0. The summed E-state index contributed by atoms with van der Waals surface area (Å²) in [5.74, 6) is -0.162. The van der Waals surface area contributed by atoms with Crippen LogP contribution in [0.15, 0.2) is 30.9 Å². The molecule has 0 spiro atoms. The highest BCUT2D eigenvalue weighted by Crippen LogP contribution is 2.22. The van der Waals surface area contributed by atoms with Gasteiger partial charge >= 0.3 is 0 Å². The minimum atomic E-state index is -0.390. The number of ether oxygens (including phenoxy) is 1. The highest BCUT2D eigenvalue weighted by molar-refractivity contribution is 5.31. The van der Waals surface area contributed by atoms with Gasteiger partial charge in [0.2, 0.25) is 0 Å². The molecule has 0 aliphatic rings. The Bertz CT molecular complexity index is 349. The highest BCUT2D eigenvalue weighted by Gasteiger charge is 2.08. The van der Waals surface area contributed by atoms with Crippen molar-refractivity contribution in [3.8, 4) is 5.75 Å². The molecule has 0 radical (unpaired) electrons. The van der Waals surface area contributed by atoms with Crippen molar-refractivity contribution >= 4 is 0 Å². The van der Waals surface area contributed by atoms with E-state index in [-0.39, 0.29) is 17.9 Å². The van der Waals surface area contributed by atoms with Crippen molar-refractivity contribution in [2.24, 2.45) is 5.73 Å². The Labute approximate surface area is 89.6 Å². The van der Waals surface area contributed by atoms with E-state index in [1.807, 2.05) is 6.92 Å². The van der Waals surface area contributed by atoms with Gasteiger partial charge in [0.25, 0.3) is 0 Å². The molecule has 0 bridgehead atoms. The molecule has 0 fully saturated rings. The topological polar surface area (TPSA) is 35.2 Å². The van der Waals surface area contributed by atoms with Gasteiger partial charge in [-0.1, -0.05) is 18.7 Å². The zero-order valence-corrected chi connectivity index (χ0v) is 9.03. The smallest absolute Gasteiger partial charge is 0.165 e. The van der Waals surface area contributed by atoms with E-state index >= 15 is 0 Å². The van der Waals surface area contributed by atoms with Crippen LogP contribution >= 0.6 is 0 Å². The van der Waals surface area contributed by atoms with E-state index in [1.165, 1.54) is 6.07 Å². The van der Waals surface area contributed by atoms with E-state index in [2.05, 4.69) is 6.58 Å². The fraction of sp³-hybridized carbons (Fsp3) is 0.333. The van der Waals surface area contributed by atoms with Crippen LogP contribution in [0.4, 0.5) is 4.39 Å². The van der Waals surface area contributed by atoms with E-state index in [0.717, 1.165) is 5.56 Å². The number of nitrogens with two attached hydrogens (primary N) is 1. The second-order valence-corrected chi connectivity index (χ2v) is 3.54. The van der Waals surface area contributed by atoms with Crippen molar-refractivity contribution < 1.29 is 9.13 Å². The van der Waals surface area contributed by atoms with Gasteiger partial charge in [-0.2, -0.15) is 0 Å². The van der Waals surface area contributed by atoms with Crippen molar-refractivity contribution in [2.45, 2.75) is 26.0 Å². The van der Waals surface area contributed by atoms with E-state index < -0.39 is 5.82 Å². The number of hydrogen-bond acceptors (Lipinski definition) is 2. The van der Waals surface area contributed by atoms with Crippen LogP contribution in [0.5, 0.6) is 5.75 Å². The standard InChI is InChI=1S/C12H16FNO/c1-4-8(2)15-12-6-5-10(9(3)14)7-11(12)13/h4-9H,1,14H2,2-3H3/t8?,9-/m0/s1. The second kappa shape index (κ2) is 4.94. The monoisotopic (exact) mass is 209 g/mol. The van der Waals surface area contributed by atoms with Crippen LogP contribution in [0.2, 0.25) is 0 Å². The van der Waals surface area contributed by atoms with Gasteiger partial charge in [-0.3, -0.25) is 0 Å². The zero-order chi connectivity index (χ0) is 11.4. The number of hydrogen-bond donors (Lipinski definition) is 1. The first-order chi connectivity index (χ1) is 7.04. The van der Waals surface area contributed by atoms with Crippen molar-refractivity contribution in [3.63, 3.8) is 0 Å². The Hall–Kier alpha value is -1.35. The quantitative estimate of drug-likeness (QED) is 0.774. The van der Waals surface area contributed by atoms with Gasteiger partial charge < -0.3 is 10.5 Å². The predicted octanol–water partition coefficient (Wildman–Crippen LogP) is 2.80. The van der Waals surface area contributed by atoms with Crippen LogP contribution in [-0.2, 0) is 0 Å². The van der Waals surface area contributed by atoms with Crippen LogP contribution < -0.4 is 10.5 Å². The number of halogens is 1. The summed E-state index contributed by atoms with van der Waals surface area (Å²) < 4.78 is 18.8. The molecule has 0 heterocycles. The lowest BCUT2D eigenvalue weighted by Crippen LogP contribution is -2.10. The van der Waals surface area contributed by atoms with Gasteiger partial charge in [-0.25, -0.2) is 4.39 Å². The molecule has 2 nitrogen and oxygen atoms in total. The average Bonchev–Trinajstić information content (AvgIpc) is 2.20.